The van der Waals surface area contributed by atoms with E-state index in [0.717, 1.165) is 5.56 Å². The van der Waals surface area contributed by atoms with Gasteiger partial charge in [-0.2, -0.15) is 0 Å². The van der Waals surface area contributed by atoms with E-state index in [-0.39, 0.29) is 12.2 Å². The second kappa shape index (κ2) is 8.54. The highest BCUT2D eigenvalue weighted by Crippen LogP contribution is 2.13. The van der Waals surface area contributed by atoms with Crippen LogP contribution < -0.4 is 10.1 Å². The lowest BCUT2D eigenvalue weighted by Crippen LogP contribution is -2.41. The molecule has 0 aliphatic rings. The van der Waals surface area contributed by atoms with Crippen LogP contribution in [-0.2, 0) is 16.0 Å². The first-order valence-electron chi connectivity index (χ1n) is 7.61. The van der Waals surface area contributed by atoms with Crippen LogP contribution in [0.5, 0.6) is 11.5 Å². The number of hydrogen-bond acceptors (Lipinski definition) is 4. The fourth-order valence-electron chi connectivity index (χ4n) is 2.22. The lowest BCUT2D eigenvalue weighted by molar-refractivity contribution is -0.141. The number of aliphatic carboxylic acids is 1. The van der Waals surface area contributed by atoms with Crippen LogP contribution in [0.4, 0.5) is 0 Å². The molecule has 25 heavy (non-hydrogen) atoms. The Balaban J connectivity index is 2.00. The van der Waals surface area contributed by atoms with E-state index in [1.54, 1.807) is 43.5 Å². The third-order valence-electron chi connectivity index (χ3n) is 3.51. The highest BCUT2D eigenvalue weighted by atomic mass is 16.5. The van der Waals surface area contributed by atoms with E-state index in [1.807, 2.05) is 0 Å². The number of carbonyl (C=O) groups is 2. The maximum atomic E-state index is 12.0. The summed E-state index contributed by atoms with van der Waals surface area (Å²) >= 11 is 0. The Morgan fingerprint density at radius 2 is 1.92 bits per heavy atom. The van der Waals surface area contributed by atoms with Gasteiger partial charge < -0.3 is 20.3 Å². The molecule has 0 heterocycles. The minimum Gasteiger partial charge on any atom is -0.508 e. The Labute approximate surface area is 145 Å². The molecule has 2 aromatic carbocycles. The van der Waals surface area contributed by atoms with Gasteiger partial charge in [0.15, 0.2) is 0 Å². The zero-order valence-corrected chi connectivity index (χ0v) is 13.7. The molecule has 0 spiro atoms. The molecule has 0 aliphatic heterocycles. The third kappa shape index (κ3) is 5.69. The number of carbonyl (C=O) groups excluding carboxylic acids is 1. The Kier molecular flexibility index (Phi) is 6.17. The molecule has 3 N–H and O–H groups in total. The van der Waals surface area contributed by atoms with Crippen molar-refractivity contribution in [3.8, 4) is 11.5 Å². The quantitative estimate of drug-likeness (QED) is 0.671. The van der Waals surface area contributed by atoms with Crippen molar-refractivity contribution in [1.82, 2.24) is 5.32 Å². The Bertz CT molecular complexity index is 768. The Hall–Kier alpha value is -3.28. The van der Waals surface area contributed by atoms with E-state index in [1.165, 1.54) is 24.3 Å². The highest BCUT2D eigenvalue weighted by molar-refractivity contribution is 5.94. The number of hydrogen-bond donors (Lipinski definition) is 3. The molecule has 0 aromatic heterocycles. The predicted molar refractivity (Wildman–Crippen MR) is 93.4 cm³/mol. The zero-order chi connectivity index (χ0) is 18.2. The van der Waals surface area contributed by atoms with Crippen molar-refractivity contribution >= 4 is 18.0 Å². The van der Waals surface area contributed by atoms with Gasteiger partial charge in [-0.05, 0) is 41.5 Å². The number of methoxy groups -OCH3 is 1. The average Bonchev–Trinajstić information content (AvgIpc) is 2.60. The number of phenolic OH excluding ortho intramolecular Hbond substituents is 1. The summed E-state index contributed by atoms with van der Waals surface area (Å²) in [4.78, 5) is 23.3. The Morgan fingerprint density at radius 3 is 2.52 bits per heavy atom. The molecule has 2 rings (SSSR count). The number of benzene rings is 2. The second-order valence-corrected chi connectivity index (χ2v) is 5.38. The van der Waals surface area contributed by atoms with Gasteiger partial charge in [-0.3, -0.25) is 4.79 Å². The minimum absolute atomic E-state index is 0.0884. The summed E-state index contributed by atoms with van der Waals surface area (Å²) in [6.45, 7) is 0. The summed E-state index contributed by atoms with van der Waals surface area (Å²) in [5, 5.41) is 21.1. The zero-order valence-electron chi connectivity index (χ0n) is 13.7. The molecule has 0 fully saturated rings. The van der Waals surface area contributed by atoms with Crippen molar-refractivity contribution in [2.45, 2.75) is 12.5 Å². The van der Waals surface area contributed by atoms with E-state index >= 15 is 0 Å². The predicted octanol–water partition coefficient (Wildman–Crippen LogP) is 2.23. The first-order valence-corrected chi connectivity index (χ1v) is 7.61. The molecule has 1 atom stereocenters. The van der Waals surface area contributed by atoms with Crippen LogP contribution in [0.1, 0.15) is 11.1 Å². The monoisotopic (exact) mass is 341 g/mol. The largest absolute Gasteiger partial charge is 0.508 e. The van der Waals surface area contributed by atoms with Crippen LogP contribution in [-0.4, -0.2) is 35.2 Å². The maximum absolute atomic E-state index is 12.0. The number of aromatic hydroxyl groups is 1. The molecule has 2 aromatic rings. The normalized spacial score (nSPS) is 11.9. The molecule has 0 saturated heterocycles. The maximum Gasteiger partial charge on any atom is 0.326 e. The van der Waals surface area contributed by atoms with Crippen LogP contribution in [0, 0.1) is 0 Å². The van der Waals surface area contributed by atoms with Crippen molar-refractivity contribution in [2.24, 2.45) is 0 Å². The first kappa shape index (κ1) is 18.1. The second-order valence-electron chi connectivity index (χ2n) is 5.38. The summed E-state index contributed by atoms with van der Waals surface area (Å²) < 4.78 is 5.06. The molecule has 0 bridgehead atoms. The van der Waals surface area contributed by atoms with E-state index in [9.17, 15) is 19.8 Å². The van der Waals surface area contributed by atoms with Gasteiger partial charge in [-0.25, -0.2) is 4.79 Å². The van der Waals surface area contributed by atoms with Crippen LogP contribution in [0.25, 0.3) is 6.08 Å². The molecular formula is C19H19NO5. The number of carboxylic acids is 1. The summed E-state index contributed by atoms with van der Waals surface area (Å²) in [5.41, 5.74) is 1.41. The van der Waals surface area contributed by atoms with E-state index in [0.29, 0.717) is 11.3 Å². The lowest BCUT2D eigenvalue weighted by Gasteiger charge is -2.13. The number of carboxylic acid groups (broad SMARTS) is 1. The molecule has 1 amide bonds. The Morgan fingerprint density at radius 1 is 1.20 bits per heavy atom. The minimum atomic E-state index is -1.12. The summed E-state index contributed by atoms with van der Waals surface area (Å²) in [5.74, 6) is -0.877. The fraction of sp³-hybridized carbons (Fsp3) is 0.158. The van der Waals surface area contributed by atoms with Gasteiger partial charge in [0.1, 0.15) is 17.5 Å². The molecule has 0 saturated carbocycles. The number of phenols is 1. The van der Waals surface area contributed by atoms with Crippen molar-refractivity contribution in [1.29, 1.82) is 0 Å². The van der Waals surface area contributed by atoms with Gasteiger partial charge in [-0.1, -0.05) is 24.3 Å². The summed E-state index contributed by atoms with van der Waals surface area (Å²) in [6.07, 6.45) is 2.89. The van der Waals surface area contributed by atoms with E-state index in [2.05, 4.69) is 5.32 Å². The third-order valence-corrected chi connectivity index (χ3v) is 3.51. The number of amides is 1. The van der Waals surface area contributed by atoms with Crippen LogP contribution >= 0.6 is 0 Å². The smallest absolute Gasteiger partial charge is 0.326 e. The fourth-order valence-corrected chi connectivity index (χ4v) is 2.22. The van der Waals surface area contributed by atoms with Gasteiger partial charge in [0.2, 0.25) is 5.91 Å². The van der Waals surface area contributed by atoms with Crippen LogP contribution in [0.15, 0.2) is 54.6 Å². The highest BCUT2D eigenvalue weighted by Gasteiger charge is 2.19. The van der Waals surface area contributed by atoms with Crippen molar-refractivity contribution in [3.63, 3.8) is 0 Å². The van der Waals surface area contributed by atoms with Crippen LogP contribution in [0.2, 0.25) is 0 Å². The van der Waals surface area contributed by atoms with Crippen LogP contribution in [0.3, 0.4) is 0 Å². The topological polar surface area (TPSA) is 95.9 Å². The van der Waals surface area contributed by atoms with Gasteiger partial charge in [0.05, 0.1) is 7.11 Å². The van der Waals surface area contributed by atoms with Gasteiger partial charge in [0.25, 0.3) is 0 Å². The van der Waals surface area contributed by atoms with Crippen molar-refractivity contribution in [3.05, 3.63) is 65.7 Å². The van der Waals surface area contributed by atoms with Crippen molar-refractivity contribution < 1.29 is 24.5 Å². The van der Waals surface area contributed by atoms with Crippen molar-refractivity contribution in [2.75, 3.05) is 7.11 Å². The molecule has 6 heteroatoms. The summed E-state index contributed by atoms with van der Waals surface area (Å²) in [7, 11) is 1.55. The molecule has 6 nitrogen and oxygen atoms in total. The molecule has 0 aliphatic carbocycles. The molecule has 130 valence electrons. The first-order chi connectivity index (χ1) is 12.0. The standard InChI is InChI=1S/C19H19NO5/c1-25-16-8-5-14(6-9-16)12-17(19(23)24)20-18(22)10-7-13-3-2-4-15(21)11-13/h2-11,17,21H,12H2,1H3,(H,20,22)(H,23,24)/b10-7+/t17-/m0/s1. The molecule has 0 radical (unpaired) electrons. The lowest BCUT2D eigenvalue weighted by atomic mass is 10.1. The summed E-state index contributed by atoms with van der Waals surface area (Å²) in [6, 6.07) is 12.3. The number of rotatable bonds is 7. The van der Waals surface area contributed by atoms with Gasteiger partial charge >= 0.3 is 5.97 Å². The molecule has 0 unspecified atom stereocenters. The van der Waals surface area contributed by atoms with E-state index < -0.39 is 17.9 Å². The molecular weight excluding hydrogens is 322 g/mol. The number of nitrogens with one attached hydrogen (secondary N) is 1. The van der Waals surface area contributed by atoms with Gasteiger partial charge in [0, 0.05) is 12.5 Å². The van der Waals surface area contributed by atoms with E-state index in [4.69, 9.17) is 4.74 Å². The SMILES string of the molecule is COc1ccc(C[C@H](NC(=O)/C=C/c2cccc(O)c2)C(=O)O)cc1. The van der Waals surface area contributed by atoms with Gasteiger partial charge in [-0.15, -0.1) is 0 Å². The number of ether oxygens (including phenoxy) is 1. The average molecular weight is 341 g/mol.